The second-order valence-electron chi connectivity index (χ2n) is 5.38. The lowest BCUT2D eigenvalue weighted by molar-refractivity contribution is 0.194. The quantitative estimate of drug-likeness (QED) is 0.577. The number of nitrogens with one attached hydrogen (secondary N) is 2. The van der Waals surface area contributed by atoms with Crippen LogP contribution in [0.25, 0.3) is 0 Å². The highest BCUT2D eigenvalue weighted by Crippen LogP contribution is 2.07. The van der Waals surface area contributed by atoms with Crippen LogP contribution < -0.4 is 10.3 Å². The maximum Gasteiger partial charge on any atom is 0.404 e. The summed E-state index contributed by atoms with van der Waals surface area (Å²) in [5.41, 5.74) is 2.10. The van der Waals surface area contributed by atoms with Gasteiger partial charge in [0.1, 0.15) is 8.24 Å². The number of amides is 1. The molecular weight excluding hydrogens is 276 g/mol. The first kappa shape index (κ1) is 15.7. The highest BCUT2D eigenvalue weighted by Gasteiger charge is 2.15. The van der Waals surface area contributed by atoms with Gasteiger partial charge in [0.15, 0.2) is 0 Å². The largest absolute Gasteiger partial charge is 0.465 e. The Morgan fingerprint density at radius 1 is 1.26 bits per heavy atom. The Morgan fingerprint density at radius 3 is 2.32 bits per heavy atom. The van der Waals surface area contributed by atoms with Crippen LogP contribution in [0.5, 0.6) is 0 Å². The Bertz CT molecular complexity index is 455. The van der Waals surface area contributed by atoms with Crippen LogP contribution in [0.4, 0.5) is 4.79 Å². The Morgan fingerprint density at radius 2 is 1.84 bits per heavy atom. The van der Waals surface area contributed by atoms with E-state index in [-0.39, 0.29) is 0 Å². The molecule has 104 valence electrons. The summed E-state index contributed by atoms with van der Waals surface area (Å²) in [5.74, 6) is 0. The van der Waals surface area contributed by atoms with Gasteiger partial charge in [0, 0.05) is 12.1 Å². The van der Waals surface area contributed by atoms with E-state index in [0.717, 1.165) is 16.1 Å². The van der Waals surface area contributed by atoms with Gasteiger partial charge in [-0.15, -0.1) is 0 Å². The van der Waals surface area contributed by atoms with Crippen LogP contribution >= 0.6 is 12.2 Å². The molecule has 0 saturated heterocycles. The molecule has 0 unspecified atom stereocenters. The monoisotopic (exact) mass is 296 g/mol. The van der Waals surface area contributed by atoms with Crippen LogP contribution in [0.2, 0.25) is 19.6 Å². The molecule has 0 aromatic heterocycles. The Kier molecular flexibility index (Phi) is 5.50. The number of hydrogen-bond acceptors (Lipinski definition) is 2. The topological polar surface area (TPSA) is 61.4 Å². The number of rotatable bonds is 5. The van der Waals surface area contributed by atoms with E-state index >= 15 is 0 Å². The first-order valence-electron chi connectivity index (χ1n) is 6.16. The summed E-state index contributed by atoms with van der Waals surface area (Å²) in [6.07, 6.45) is -0.307. The van der Waals surface area contributed by atoms with Crippen molar-refractivity contribution < 1.29 is 9.90 Å². The van der Waals surface area contributed by atoms with E-state index in [2.05, 4.69) is 29.9 Å². The molecule has 1 aromatic rings. The van der Waals surface area contributed by atoms with Crippen molar-refractivity contribution in [3.05, 3.63) is 35.4 Å². The second-order valence-corrected chi connectivity index (χ2v) is 10.5. The number of thiocarbonyl (C=S) groups is 1. The summed E-state index contributed by atoms with van der Waals surface area (Å²) in [6, 6.07) is 7.92. The molecule has 0 saturated carbocycles. The summed E-state index contributed by atoms with van der Waals surface area (Å²) in [5, 5.41) is 10.8. The average Bonchev–Trinajstić information content (AvgIpc) is 2.27. The predicted molar refractivity (Wildman–Crippen MR) is 84.4 cm³/mol. The molecular formula is C13H20N2O2SSi. The highest BCUT2D eigenvalue weighted by atomic mass is 32.1. The van der Waals surface area contributed by atoms with Gasteiger partial charge in [-0.25, -0.2) is 4.79 Å². The second kappa shape index (κ2) is 6.67. The van der Waals surface area contributed by atoms with E-state index in [9.17, 15) is 4.79 Å². The fourth-order valence-electron chi connectivity index (χ4n) is 1.55. The number of carboxylic acid groups (broad SMARTS) is 1. The van der Waals surface area contributed by atoms with Crippen molar-refractivity contribution in [2.45, 2.75) is 26.1 Å². The molecule has 1 aromatic carbocycles. The van der Waals surface area contributed by atoms with Crippen LogP contribution in [-0.4, -0.2) is 31.0 Å². The van der Waals surface area contributed by atoms with E-state index < -0.39 is 14.3 Å². The van der Waals surface area contributed by atoms with Gasteiger partial charge in [-0.3, -0.25) is 0 Å². The highest BCUT2D eigenvalue weighted by molar-refractivity contribution is 7.80. The van der Waals surface area contributed by atoms with Gasteiger partial charge < -0.3 is 15.4 Å². The van der Waals surface area contributed by atoms with Crippen molar-refractivity contribution in [1.82, 2.24) is 10.3 Å². The fourth-order valence-corrected chi connectivity index (χ4v) is 3.43. The van der Waals surface area contributed by atoms with Crippen LogP contribution in [-0.2, 0) is 6.42 Å². The summed E-state index contributed by atoms with van der Waals surface area (Å²) in [4.78, 5) is 14.5. The SMILES string of the molecule is C[Si](C)(C)NC(=S)c1ccc(CCNC(=O)O)cc1. The zero-order valence-corrected chi connectivity index (χ0v) is 13.3. The van der Waals surface area contributed by atoms with Crippen molar-refractivity contribution >= 4 is 31.5 Å². The van der Waals surface area contributed by atoms with Crippen LogP contribution in [0.15, 0.2) is 24.3 Å². The maximum absolute atomic E-state index is 10.3. The number of benzene rings is 1. The van der Waals surface area contributed by atoms with Crippen molar-refractivity contribution in [1.29, 1.82) is 0 Å². The average molecular weight is 296 g/mol. The van der Waals surface area contributed by atoms with Crippen molar-refractivity contribution in [3.8, 4) is 0 Å². The molecule has 0 atom stereocenters. The zero-order chi connectivity index (χ0) is 14.5. The molecule has 1 rings (SSSR count). The molecule has 0 aliphatic rings. The van der Waals surface area contributed by atoms with Crippen molar-refractivity contribution in [2.75, 3.05) is 6.54 Å². The molecule has 0 spiro atoms. The molecule has 0 fully saturated rings. The maximum atomic E-state index is 10.3. The number of carbonyl (C=O) groups is 1. The third-order valence-corrected chi connectivity index (χ3v) is 3.91. The Balaban J connectivity index is 2.56. The number of hydrogen-bond donors (Lipinski definition) is 3. The molecule has 3 N–H and O–H groups in total. The Labute approximate surface area is 120 Å². The van der Waals surface area contributed by atoms with E-state index in [1.807, 2.05) is 24.3 Å². The van der Waals surface area contributed by atoms with Gasteiger partial charge in [0.2, 0.25) is 0 Å². The third-order valence-electron chi connectivity index (χ3n) is 2.39. The van der Waals surface area contributed by atoms with Gasteiger partial charge in [-0.2, -0.15) is 0 Å². The lowest BCUT2D eigenvalue weighted by Gasteiger charge is -2.20. The molecule has 1 amide bonds. The molecule has 0 radical (unpaired) electrons. The molecule has 0 aliphatic heterocycles. The molecule has 4 nitrogen and oxygen atoms in total. The molecule has 19 heavy (non-hydrogen) atoms. The van der Waals surface area contributed by atoms with Gasteiger partial charge in [0.05, 0.1) is 4.99 Å². The molecule has 0 bridgehead atoms. The minimum absolute atomic E-state index is 0.423. The van der Waals surface area contributed by atoms with E-state index in [4.69, 9.17) is 17.3 Å². The van der Waals surface area contributed by atoms with Crippen LogP contribution in [0, 0.1) is 0 Å². The van der Waals surface area contributed by atoms with Gasteiger partial charge >= 0.3 is 6.09 Å². The normalized spacial score (nSPS) is 10.9. The van der Waals surface area contributed by atoms with Crippen molar-refractivity contribution in [3.63, 3.8) is 0 Å². The van der Waals surface area contributed by atoms with E-state index in [1.54, 1.807) is 0 Å². The lowest BCUT2D eigenvalue weighted by atomic mass is 10.1. The third kappa shape index (κ3) is 6.35. The van der Waals surface area contributed by atoms with E-state index in [1.165, 1.54) is 0 Å². The van der Waals surface area contributed by atoms with Crippen LogP contribution in [0.1, 0.15) is 11.1 Å². The zero-order valence-electron chi connectivity index (χ0n) is 11.5. The minimum Gasteiger partial charge on any atom is -0.465 e. The Hall–Kier alpha value is -1.40. The molecule has 0 aliphatic carbocycles. The predicted octanol–water partition coefficient (Wildman–Crippen LogP) is 2.60. The van der Waals surface area contributed by atoms with Crippen molar-refractivity contribution in [2.24, 2.45) is 0 Å². The van der Waals surface area contributed by atoms with E-state index in [0.29, 0.717) is 13.0 Å². The lowest BCUT2D eigenvalue weighted by Crippen LogP contribution is -2.44. The van der Waals surface area contributed by atoms with Gasteiger partial charge in [-0.1, -0.05) is 56.1 Å². The fraction of sp³-hybridized carbons (Fsp3) is 0.385. The molecule has 0 heterocycles. The standard InChI is InChI=1S/C13H20N2O2SSi/c1-19(2,3)15-12(18)11-6-4-10(5-7-11)8-9-14-13(16)17/h4-7,14H,8-9H2,1-3H3,(H,15,18)(H,16,17). The first-order valence-corrected chi connectivity index (χ1v) is 10.1. The van der Waals surface area contributed by atoms with Crippen LogP contribution in [0.3, 0.4) is 0 Å². The van der Waals surface area contributed by atoms with Gasteiger partial charge in [-0.05, 0) is 12.0 Å². The first-order chi connectivity index (χ1) is 8.78. The minimum atomic E-state index is -1.42. The summed E-state index contributed by atoms with van der Waals surface area (Å²) in [7, 11) is -1.42. The smallest absolute Gasteiger partial charge is 0.404 e. The summed E-state index contributed by atoms with van der Waals surface area (Å²) < 4.78 is 0. The summed E-state index contributed by atoms with van der Waals surface area (Å²) in [6.45, 7) is 7.02. The summed E-state index contributed by atoms with van der Waals surface area (Å²) >= 11 is 5.37. The molecule has 6 heteroatoms. The van der Waals surface area contributed by atoms with Gasteiger partial charge in [0.25, 0.3) is 0 Å².